The number of hydrogen-bond donors (Lipinski definition) is 0. The van der Waals surface area contributed by atoms with E-state index < -0.39 is 0 Å². The van der Waals surface area contributed by atoms with Crippen molar-refractivity contribution in [3.05, 3.63) is 85.5 Å². The van der Waals surface area contributed by atoms with Crippen LogP contribution in [0.25, 0.3) is 33.5 Å². The van der Waals surface area contributed by atoms with Crippen LogP contribution < -0.4 is 15.0 Å². The molecule has 0 saturated heterocycles. The van der Waals surface area contributed by atoms with Gasteiger partial charge >= 0.3 is 0 Å². The topological polar surface area (TPSA) is 78.9 Å². The Morgan fingerprint density at radius 2 is 1.95 bits per heavy atom. The first-order valence-electron chi connectivity index (χ1n) is 11.7. The van der Waals surface area contributed by atoms with Gasteiger partial charge in [0.2, 0.25) is 5.82 Å². The molecule has 0 aliphatic rings. The van der Waals surface area contributed by atoms with Crippen LogP contribution in [0.1, 0.15) is 25.8 Å². The molecule has 7 nitrogen and oxygen atoms in total. The standard InChI is InChI=1S/C28H23Br2N3O4/c1-4-16(2)36-26-21(30)11-17(12-24(26)35-3)15-31-33-27(32-22-8-6-5-7-20(22)28(33)34)25-14-18-13-19(29)9-10-23(18)37-25/h5-16H,4H2,1-3H3/t16-/m1/s1. The molecule has 0 aliphatic carbocycles. The molecular formula is C28H23Br2N3O4. The van der Waals surface area contributed by atoms with Crippen molar-refractivity contribution < 1.29 is 13.9 Å². The summed E-state index contributed by atoms with van der Waals surface area (Å²) in [5.74, 6) is 1.91. The van der Waals surface area contributed by atoms with Gasteiger partial charge in [-0.2, -0.15) is 9.78 Å². The summed E-state index contributed by atoms with van der Waals surface area (Å²) in [5, 5.41) is 5.88. The molecule has 188 valence electrons. The third-order valence-corrected chi connectivity index (χ3v) is 7.00. The third-order valence-electron chi connectivity index (χ3n) is 5.92. The number of halogens is 2. The fraction of sp³-hybridized carbons (Fsp3) is 0.179. The molecule has 3 aromatic carbocycles. The summed E-state index contributed by atoms with van der Waals surface area (Å²) in [6.07, 6.45) is 2.47. The van der Waals surface area contributed by atoms with Crippen LogP contribution in [0.5, 0.6) is 11.5 Å². The molecule has 0 spiro atoms. The zero-order valence-corrected chi connectivity index (χ0v) is 23.5. The van der Waals surface area contributed by atoms with Gasteiger partial charge in [0, 0.05) is 9.86 Å². The summed E-state index contributed by atoms with van der Waals surface area (Å²) >= 11 is 7.07. The van der Waals surface area contributed by atoms with Crippen molar-refractivity contribution >= 4 is 59.9 Å². The van der Waals surface area contributed by atoms with Crippen LogP contribution in [0, 0.1) is 0 Å². The molecule has 0 radical (unpaired) electrons. The second-order valence-electron chi connectivity index (χ2n) is 8.48. The molecule has 2 aromatic heterocycles. The molecule has 0 aliphatic heterocycles. The summed E-state index contributed by atoms with van der Waals surface area (Å²) in [5.41, 5.74) is 1.65. The molecule has 0 fully saturated rings. The first-order chi connectivity index (χ1) is 17.9. The number of ether oxygens (including phenoxy) is 2. The highest BCUT2D eigenvalue weighted by Gasteiger charge is 2.17. The molecule has 5 aromatic rings. The van der Waals surface area contributed by atoms with Crippen molar-refractivity contribution in [1.82, 2.24) is 9.66 Å². The lowest BCUT2D eigenvalue weighted by Gasteiger charge is -2.17. The molecule has 0 saturated carbocycles. The number of furan rings is 1. The Balaban J connectivity index is 1.64. The number of fused-ring (bicyclic) bond motifs is 2. The van der Waals surface area contributed by atoms with Crippen molar-refractivity contribution in [2.24, 2.45) is 5.10 Å². The molecule has 0 amide bonds. The Labute approximate surface area is 230 Å². The van der Waals surface area contributed by atoms with Crippen LogP contribution in [0.2, 0.25) is 0 Å². The minimum atomic E-state index is -0.304. The van der Waals surface area contributed by atoms with Crippen LogP contribution in [0.4, 0.5) is 0 Å². The van der Waals surface area contributed by atoms with Crippen molar-refractivity contribution in [3.63, 3.8) is 0 Å². The van der Waals surface area contributed by atoms with E-state index in [1.807, 2.05) is 49.4 Å². The maximum absolute atomic E-state index is 13.5. The highest BCUT2D eigenvalue weighted by Crippen LogP contribution is 2.37. The Bertz CT molecular complexity index is 1710. The first-order valence-corrected chi connectivity index (χ1v) is 13.3. The zero-order valence-electron chi connectivity index (χ0n) is 20.4. The molecule has 0 bridgehead atoms. The molecular weight excluding hydrogens is 602 g/mol. The summed E-state index contributed by atoms with van der Waals surface area (Å²) in [4.78, 5) is 18.3. The van der Waals surface area contributed by atoms with Crippen LogP contribution in [-0.2, 0) is 0 Å². The Morgan fingerprint density at radius 3 is 2.73 bits per heavy atom. The van der Waals surface area contributed by atoms with E-state index in [0.717, 1.165) is 20.8 Å². The lowest BCUT2D eigenvalue weighted by atomic mass is 10.2. The largest absolute Gasteiger partial charge is 0.493 e. The van der Waals surface area contributed by atoms with E-state index in [2.05, 4.69) is 43.9 Å². The lowest BCUT2D eigenvalue weighted by molar-refractivity contribution is 0.206. The van der Waals surface area contributed by atoms with E-state index >= 15 is 0 Å². The van der Waals surface area contributed by atoms with E-state index in [1.165, 1.54) is 4.68 Å². The molecule has 1 atom stereocenters. The molecule has 2 heterocycles. The molecule has 0 N–H and O–H groups in total. The average molecular weight is 625 g/mol. The fourth-order valence-corrected chi connectivity index (χ4v) is 4.78. The zero-order chi connectivity index (χ0) is 26.1. The van der Waals surface area contributed by atoms with Crippen molar-refractivity contribution in [1.29, 1.82) is 0 Å². The SMILES string of the molecule is CC[C@@H](C)Oc1c(Br)cc(C=Nn2c(-c3cc4cc(Br)ccc4o3)nc3ccccc3c2=O)cc1OC. The minimum absolute atomic E-state index is 0.0268. The van der Waals surface area contributed by atoms with Crippen molar-refractivity contribution in [2.75, 3.05) is 7.11 Å². The van der Waals surface area contributed by atoms with Gasteiger partial charge in [-0.05, 0) is 83.4 Å². The second kappa shape index (κ2) is 10.5. The van der Waals surface area contributed by atoms with Gasteiger partial charge in [-0.25, -0.2) is 4.98 Å². The number of nitrogens with zero attached hydrogens (tertiary/aromatic N) is 3. The molecule has 5 rings (SSSR count). The van der Waals surface area contributed by atoms with Crippen LogP contribution in [-0.4, -0.2) is 29.1 Å². The van der Waals surface area contributed by atoms with E-state index in [0.29, 0.717) is 45.1 Å². The van der Waals surface area contributed by atoms with Gasteiger partial charge in [0.15, 0.2) is 17.3 Å². The predicted octanol–water partition coefficient (Wildman–Crippen LogP) is 7.40. The summed E-state index contributed by atoms with van der Waals surface area (Å²) < 4.78 is 20.6. The summed E-state index contributed by atoms with van der Waals surface area (Å²) in [6, 6.07) is 18.4. The Morgan fingerprint density at radius 1 is 1.14 bits per heavy atom. The number of rotatable bonds is 7. The summed E-state index contributed by atoms with van der Waals surface area (Å²) in [7, 11) is 1.59. The molecule has 37 heavy (non-hydrogen) atoms. The van der Waals surface area contributed by atoms with Crippen molar-refractivity contribution in [2.45, 2.75) is 26.4 Å². The summed E-state index contributed by atoms with van der Waals surface area (Å²) in [6.45, 7) is 4.05. The van der Waals surface area contributed by atoms with Gasteiger partial charge in [0.25, 0.3) is 5.56 Å². The highest BCUT2D eigenvalue weighted by atomic mass is 79.9. The normalized spacial score (nSPS) is 12.5. The lowest BCUT2D eigenvalue weighted by Crippen LogP contribution is -2.20. The predicted molar refractivity (Wildman–Crippen MR) is 153 cm³/mol. The van der Waals surface area contributed by atoms with Crippen LogP contribution >= 0.6 is 31.9 Å². The van der Waals surface area contributed by atoms with Crippen LogP contribution in [0.15, 0.2) is 83.9 Å². The monoisotopic (exact) mass is 623 g/mol. The number of aromatic nitrogens is 2. The van der Waals surface area contributed by atoms with E-state index in [4.69, 9.17) is 18.9 Å². The number of methoxy groups -OCH3 is 1. The average Bonchev–Trinajstić information content (AvgIpc) is 3.32. The third kappa shape index (κ3) is 5.06. The van der Waals surface area contributed by atoms with Gasteiger partial charge in [0.1, 0.15) is 5.58 Å². The first kappa shape index (κ1) is 25.2. The van der Waals surface area contributed by atoms with Gasteiger partial charge in [-0.1, -0.05) is 35.0 Å². The highest BCUT2D eigenvalue weighted by molar-refractivity contribution is 9.10. The minimum Gasteiger partial charge on any atom is -0.493 e. The van der Waals surface area contributed by atoms with Crippen LogP contribution in [0.3, 0.4) is 0 Å². The Kier molecular flexibility index (Phi) is 7.17. The number of hydrogen-bond acceptors (Lipinski definition) is 6. The fourth-order valence-electron chi connectivity index (χ4n) is 3.85. The number of benzene rings is 3. The van der Waals surface area contributed by atoms with Gasteiger partial charge in [-0.15, -0.1) is 0 Å². The van der Waals surface area contributed by atoms with E-state index in [9.17, 15) is 4.79 Å². The van der Waals surface area contributed by atoms with E-state index in [-0.39, 0.29) is 11.7 Å². The van der Waals surface area contributed by atoms with Gasteiger partial charge < -0.3 is 13.9 Å². The molecule has 0 unspecified atom stereocenters. The Hall–Kier alpha value is -3.43. The molecule has 9 heteroatoms. The smallest absolute Gasteiger partial charge is 0.282 e. The maximum atomic E-state index is 13.5. The number of para-hydroxylation sites is 1. The van der Waals surface area contributed by atoms with Gasteiger partial charge in [-0.3, -0.25) is 4.79 Å². The van der Waals surface area contributed by atoms with Gasteiger partial charge in [0.05, 0.1) is 34.8 Å². The van der Waals surface area contributed by atoms with E-state index in [1.54, 1.807) is 31.5 Å². The maximum Gasteiger partial charge on any atom is 0.282 e. The second-order valence-corrected chi connectivity index (χ2v) is 10.2. The van der Waals surface area contributed by atoms with Crippen molar-refractivity contribution in [3.8, 4) is 23.1 Å². The quantitative estimate of drug-likeness (QED) is 0.176.